The molecule has 0 bridgehead atoms. The van der Waals surface area contributed by atoms with E-state index < -0.39 is 20.3 Å². The molecule has 0 spiro atoms. The van der Waals surface area contributed by atoms with Gasteiger partial charge in [0.15, 0.2) is 0 Å². The van der Waals surface area contributed by atoms with Crippen LogP contribution in [0.4, 0.5) is 4.39 Å². The third kappa shape index (κ3) is 5.23. The van der Waals surface area contributed by atoms with E-state index in [1.165, 1.54) is 12.1 Å². The highest BCUT2D eigenvalue weighted by Crippen LogP contribution is 2.24. The molecule has 0 aliphatic rings. The second kappa shape index (κ2) is 5.45. The molecule has 0 heterocycles. The van der Waals surface area contributed by atoms with E-state index in [1.54, 1.807) is 26.8 Å². The second-order valence-electron chi connectivity index (χ2n) is 5.05. The van der Waals surface area contributed by atoms with Gasteiger partial charge in [-0.05, 0) is 18.6 Å². The van der Waals surface area contributed by atoms with Crippen molar-refractivity contribution in [3.05, 3.63) is 29.6 Å². The highest BCUT2D eigenvalue weighted by atomic mass is 35.7. The van der Waals surface area contributed by atoms with Crippen LogP contribution in [0.15, 0.2) is 18.2 Å². The number of aryl methyl sites for hydroxylation is 1. The summed E-state index contributed by atoms with van der Waals surface area (Å²) in [7, 11) is 1.63. The van der Waals surface area contributed by atoms with Gasteiger partial charge in [-0.3, -0.25) is 0 Å². The quantitative estimate of drug-likeness (QED) is 0.784. The van der Waals surface area contributed by atoms with Crippen molar-refractivity contribution in [1.82, 2.24) is 0 Å². The van der Waals surface area contributed by atoms with Gasteiger partial charge in [-0.15, -0.1) is 0 Å². The minimum absolute atomic E-state index is 0.142. The first-order chi connectivity index (χ1) is 8.09. The number of hydrogen-bond acceptors (Lipinski definition) is 3. The van der Waals surface area contributed by atoms with Crippen LogP contribution in [-0.2, 0) is 9.05 Å². The molecule has 0 aliphatic heterocycles. The van der Waals surface area contributed by atoms with E-state index in [0.29, 0.717) is 5.75 Å². The molecule has 102 valence electrons. The van der Waals surface area contributed by atoms with Crippen LogP contribution < -0.4 is 4.74 Å². The van der Waals surface area contributed by atoms with Crippen molar-refractivity contribution in [2.75, 3.05) is 12.4 Å². The molecular formula is C12H16ClFO3S. The molecule has 0 aliphatic carbocycles. The lowest BCUT2D eigenvalue weighted by Gasteiger charge is -2.23. The Hall–Kier alpha value is -0.810. The van der Waals surface area contributed by atoms with Crippen molar-refractivity contribution >= 4 is 19.7 Å². The third-order valence-electron chi connectivity index (χ3n) is 2.33. The fourth-order valence-corrected chi connectivity index (χ4v) is 3.41. The Morgan fingerprint density at radius 2 is 2.00 bits per heavy atom. The molecule has 0 N–H and O–H groups in total. The molecule has 3 nitrogen and oxygen atoms in total. The first kappa shape index (κ1) is 15.2. The Morgan fingerprint density at radius 3 is 2.56 bits per heavy atom. The zero-order chi connectivity index (χ0) is 14.0. The summed E-state index contributed by atoms with van der Waals surface area (Å²) < 4.78 is 40.6. The van der Waals surface area contributed by atoms with Gasteiger partial charge < -0.3 is 4.74 Å². The molecule has 0 atom stereocenters. The number of rotatable bonds is 5. The van der Waals surface area contributed by atoms with Gasteiger partial charge >= 0.3 is 0 Å². The maximum atomic E-state index is 13.0. The maximum absolute atomic E-state index is 13.0. The topological polar surface area (TPSA) is 43.4 Å². The minimum atomic E-state index is -3.59. The molecule has 1 rings (SSSR count). The Labute approximate surface area is 111 Å². The van der Waals surface area contributed by atoms with E-state index in [-0.39, 0.29) is 12.4 Å². The molecule has 0 unspecified atom stereocenters. The zero-order valence-electron chi connectivity index (χ0n) is 10.5. The molecule has 0 aromatic heterocycles. The fraction of sp³-hybridized carbons (Fsp3) is 0.500. The molecule has 0 saturated heterocycles. The normalized spacial score (nSPS) is 12.5. The molecule has 0 radical (unpaired) electrons. The van der Waals surface area contributed by atoms with Crippen LogP contribution in [0, 0.1) is 18.2 Å². The van der Waals surface area contributed by atoms with Gasteiger partial charge in [0.2, 0.25) is 9.05 Å². The average molecular weight is 295 g/mol. The van der Waals surface area contributed by atoms with Gasteiger partial charge in [0, 0.05) is 22.2 Å². The summed E-state index contributed by atoms with van der Waals surface area (Å²) in [4.78, 5) is 0. The molecule has 6 heteroatoms. The van der Waals surface area contributed by atoms with Crippen molar-refractivity contribution in [1.29, 1.82) is 0 Å². The van der Waals surface area contributed by atoms with Crippen LogP contribution in [0.5, 0.6) is 5.75 Å². The van der Waals surface area contributed by atoms with E-state index in [1.807, 2.05) is 0 Å². The molecule has 0 saturated carbocycles. The van der Waals surface area contributed by atoms with Crippen molar-refractivity contribution in [2.24, 2.45) is 5.41 Å². The van der Waals surface area contributed by atoms with Crippen LogP contribution in [0.1, 0.15) is 19.4 Å². The fourth-order valence-electron chi connectivity index (χ4n) is 1.51. The van der Waals surface area contributed by atoms with Crippen molar-refractivity contribution in [3.63, 3.8) is 0 Å². The van der Waals surface area contributed by atoms with E-state index in [2.05, 4.69) is 0 Å². The van der Waals surface area contributed by atoms with Crippen LogP contribution in [0.2, 0.25) is 0 Å². The highest BCUT2D eigenvalue weighted by molar-refractivity contribution is 8.13. The minimum Gasteiger partial charge on any atom is -0.493 e. The van der Waals surface area contributed by atoms with Gasteiger partial charge in [-0.2, -0.15) is 0 Å². The Morgan fingerprint density at radius 1 is 1.39 bits per heavy atom. The van der Waals surface area contributed by atoms with Crippen LogP contribution in [0.25, 0.3) is 0 Å². The van der Waals surface area contributed by atoms with Crippen molar-refractivity contribution in [3.8, 4) is 5.75 Å². The zero-order valence-corrected chi connectivity index (χ0v) is 12.1. The average Bonchev–Trinajstić information content (AvgIpc) is 2.16. The Kier molecular flexibility index (Phi) is 4.61. The van der Waals surface area contributed by atoms with E-state index >= 15 is 0 Å². The SMILES string of the molecule is Cc1ccc(F)cc1OCC(C)(C)CS(=O)(=O)Cl. The highest BCUT2D eigenvalue weighted by Gasteiger charge is 2.26. The van der Waals surface area contributed by atoms with Crippen LogP contribution >= 0.6 is 10.7 Å². The number of hydrogen-bond donors (Lipinski definition) is 0. The number of halogens is 2. The molecule has 1 aromatic rings. The monoisotopic (exact) mass is 294 g/mol. The Bertz CT molecular complexity index is 526. The Balaban J connectivity index is 2.72. The van der Waals surface area contributed by atoms with E-state index in [4.69, 9.17) is 15.4 Å². The first-order valence-electron chi connectivity index (χ1n) is 5.40. The van der Waals surface area contributed by atoms with E-state index in [0.717, 1.165) is 5.56 Å². The summed E-state index contributed by atoms with van der Waals surface area (Å²) in [6, 6.07) is 4.23. The first-order valence-corrected chi connectivity index (χ1v) is 7.88. The predicted octanol–water partition coefficient (Wildman–Crippen LogP) is 3.11. The van der Waals surface area contributed by atoms with E-state index in [9.17, 15) is 12.8 Å². The summed E-state index contributed by atoms with van der Waals surface area (Å²) >= 11 is 0. The summed E-state index contributed by atoms with van der Waals surface area (Å²) in [6.45, 7) is 5.38. The van der Waals surface area contributed by atoms with Gasteiger partial charge in [0.25, 0.3) is 0 Å². The lowest BCUT2D eigenvalue weighted by Crippen LogP contribution is -2.28. The largest absolute Gasteiger partial charge is 0.493 e. The molecule has 0 amide bonds. The smallest absolute Gasteiger partial charge is 0.233 e. The summed E-state index contributed by atoms with van der Waals surface area (Å²) in [5.74, 6) is -0.177. The summed E-state index contributed by atoms with van der Waals surface area (Å²) in [6.07, 6.45) is 0. The molecule has 0 fully saturated rings. The molecule has 18 heavy (non-hydrogen) atoms. The van der Waals surface area contributed by atoms with Crippen LogP contribution in [-0.4, -0.2) is 20.8 Å². The van der Waals surface area contributed by atoms with Crippen molar-refractivity contribution in [2.45, 2.75) is 20.8 Å². The van der Waals surface area contributed by atoms with Crippen LogP contribution in [0.3, 0.4) is 0 Å². The summed E-state index contributed by atoms with van der Waals surface area (Å²) in [5.41, 5.74) is 0.153. The predicted molar refractivity (Wildman–Crippen MR) is 70.1 cm³/mol. The van der Waals surface area contributed by atoms with Crippen molar-refractivity contribution < 1.29 is 17.5 Å². The standard InChI is InChI=1S/C12H16ClFO3S/c1-9-4-5-10(14)6-11(9)17-7-12(2,3)8-18(13,15)16/h4-6H,7-8H2,1-3H3. The lowest BCUT2D eigenvalue weighted by molar-refractivity contribution is 0.198. The lowest BCUT2D eigenvalue weighted by atomic mass is 9.98. The second-order valence-corrected chi connectivity index (χ2v) is 7.82. The van der Waals surface area contributed by atoms with Gasteiger partial charge in [-0.25, -0.2) is 12.8 Å². The van der Waals surface area contributed by atoms with Gasteiger partial charge in [0.05, 0.1) is 12.4 Å². The molecule has 1 aromatic carbocycles. The number of benzene rings is 1. The van der Waals surface area contributed by atoms with Gasteiger partial charge in [-0.1, -0.05) is 19.9 Å². The van der Waals surface area contributed by atoms with Gasteiger partial charge in [0.1, 0.15) is 11.6 Å². The summed E-state index contributed by atoms with van der Waals surface area (Å²) in [5, 5.41) is 0. The maximum Gasteiger partial charge on any atom is 0.233 e. The molecular weight excluding hydrogens is 279 g/mol. The third-order valence-corrected chi connectivity index (χ3v) is 3.79. The number of ether oxygens (including phenoxy) is 1.